The summed E-state index contributed by atoms with van der Waals surface area (Å²) < 4.78 is 11.3. The Labute approximate surface area is 145 Å². The summed E-state index contributed by atoms with van der Waals surface area (Å²) in [5.74, 6) is 1.68. The third kappa shape index (κ3) is 2.99. The Morgan fingerprint density at radius 3 is 2.67 bits per heavy atom. The molecule has 0 spiro atoms. The van der Waals surface area contributed by atoms with E-state index in [0.717, 1.165) is 24.5 Å². The number of aryl methyl sites for hydroxylation is 1. The monoisotopic (exact) mass is 344 g/mol. The van der Waals surface area contributed by atoms with Crippen molar-refractivity contribution in [3.8, 4) is 11.5 Å². The van der Waals surface area contributed by atoms with E-state index < -0.39 is 0 Å². The standard InChI is InChI=1S/C18H20N2O3S/c1-12-2-4-15(24-12)11-20(18(21)13-9-19-10-13)14-3-5-16-17(8-14)23-7-6-22-16/h2-5,8,13,19H,6-7,9-11H2,1H3. The van der Waals surface area contributed by atoms with Gasteiger partial charge in [0, 0.05) is 34.6 Å². The van der Waals surface area contributed by atoms with Crippen LogP contribution in [0.5, 0.6) is 11.5 Å². The third-order valence-electron chi connectivity index (χ3n) is 4.34. The maximum absolute atomic E-state index is 12.9. The van der Waals surface area contributed by atoms with Gasteiger partial charge < -0.3 is 19.7 Å². The van der Waals surface area contributed by atoms with Crippen LogP contribution in [-0.4, -0.2) is 32.2 Å². The highest BCUT2D eigenvalue weighted by Crippen LogP contribution is 2.35. The second-order valence-electron chi connectivity index (χ2n) is 6.12. The zero-order valence-corrected chi connectivity index (χ0v) is 14.4. The van der Waals surface area contributed by atoms with Crippen molar-refractivity contribution >= 4 is 22.9 Å². The molecule has 1 aromatic carbocycles. The normalized spacial score (nSPS) is 16.5. The molecule has 1 saturated heterocycles. The van der Waals surface area contributed by atoms with E-state index in [1.165, 1.54) is 9.75 Å². The van der Waals surface area contributed by atoms with Crippen LogP contribution in [0.15, 0.2) is 30.3 Å². The lowest BCUT2D eigenvalue weighted by Gasteiger charge is -2.33. The quantitative estimate of drug-likeness (QED) is 0.926. The molecular weight excluding hydrogens is 324 g/mol. The first kappa shape index (κ1) is 15.5. The van der Waals surface area contributed by atoms with Gasteiger partial charge in [0.1, 0.15) is 13.2 Å². The first-order chi connectivity index (χ1) is 11.7. The number of fused-ring (bicyclic) bond motifs is 1. The second kappa shape index (κ2) is 6.45. The van der Waals surface area contributed by atoms with Crippen molar-refractivity contribution in [2.45, 2.75) is 13.5 Å². The summed E-state index contributed by atoms with van der Waals surface area (Å²) >= 11 is 1.73. The number of nitrogens with zero attached hydrogens (tertiary/aromatic N) is 1. The minimum absolute atomic E-state index is 0.0549. The van der Waals surface area contributed by atoms with E-state index in [0.29, 0.717) is 25.5 Å². The molecule has 1 aromatic heterocycles. The summed E-state index contributed by atoms with van der Waals surface area (Å²) in [4.78, 5) is 17.2. The van der Waals surface area contributed by atoms with Gasteiger partial charge in [-0.3, -0.25) is 4.79 Å². The number of carbonyl (C=O) groups is 1. The van der Waals surface area contributed by atoms with Crippen molar-refractivity contribution in [2.75, 3.05) is 31.2 Å². The first-order valence-electron chi connectivity index (χ1n) is 8.18. The van der Waals surface area contributed by atoms with E-state index in [4.69, 9.17) is 9.47 Å². The predicted octanol–water partition coefficient (Wildman–Crippen LogP) is 2.58. The average Bonchev–Trinajstić information content (AvgIpc) is 2.95. The highest BCUT2D eigenvalue weighted by molar-refractivity contribution is 7.11. The Morgan fingerprint density at radius 2 is 2.00 bits per heavy atom. The molecule has 0 unspecified atom stereocenters. The number of nitrogens with one attached hydrogen (secondary N) is 1. The van der Waals surface area contributed by atoms with Crippen molar-refractivity contribution in [3.05, 3.63) is 40.1 Å². The van der Waals surface area contributed by atoms with E-state index in [2.05, 4.69) is 24.4 Å². The molecule has 24 heavy (non-hydrogen) atoms. The van der Waals surface area contributed by atoms with Crippen LogP contribution >= 0.6 is 11.3 Å². The van der Waals surface area contributed by atoms with Crippen molar-refractivity contribution < 1.29 is 14.3 Å². The number of benzene rings is 1. The molecule has 1 fully saturated rings. The summed E-state index contributed by atoms with van der Waals surface area (Å²) in [5, 5.41) is 3.18. The fourth-order valence-electron chi connectivity index (χ4n) is 2.91. The second-order valence-corrected chi connectivity index (χ2v) is 7.49. The lowest BCUT2D eigenvalue weighted by atomic mass is 10.0. The molecule has 6 heteroatoms. The van der Waals surface area contributed by atoms with E-state index >= 15 is 0 Å². The fourth-order valence-corrected chi connectivity index (χ4v) is 3.79. The van der Waals surface area contributed by atoms with Gasteiger partial charge in [-0.1, -0.05) is 0 Å². The highest BCUT2D eigenvalue weighted by atomic mass is 32.1. The number of ether oxygens (including phenoxy) is 2. The van der Waals surface area contributed by atoms with Crippen LogP contribution < -0.4 is 19.7 Å². The summed E-state index contributed by atoms with van der Waals surface area (Å²) in [7, 11) is 0. The van der Waals surface area contributed by atoms with Crippen molar-refractivity contribution in [1.82, 2.24) is 5.32 Å². The molecule has 1 N–H and O–H groups in total. The fraction of sp³-hybridized carbons (Fsp3) is 0.389. The van der Waals surface area contributed by atoms with Crippen LogP contribution in [0.25, 0.3) is 0 Å². The van der Waals surface area contributed by atoms with Gasteiger partial charge in [-0.15, -0.1) is 11.3 Å². The zero-order valence-electron chi connectivity index (χ0n) is 13.6. The van der Waals surface area contributed by atoms with Gasteiger partial charge >= 0.3 is 0 Å². The Hall–Kier alpha value is -2.05. The molecule has 0 aliphatic carbocycles. The van der Waals surface area contributed by atoms with Crippen LogP contribution in [-0.2, 0) is 11.3 Å². The Morgan fingerprint density at radius 1 is 1.21 bits per heavy atom. The predicted molar refractivity (Wildman–Crippen MR) is 94.0 cm³/mol. The van der Waals surface area contributed by atoms with Crippen molar-refractivity contribution in [3.63, 3.8) is 0 Å². The lowest BCUT2D eigenvalue weighted by molar-refractivity contribution is -0.123. The topological polar surface area (TPSA) is 50.8 Å². The number of thiophene rings is 1. The lowest BCUT2D eigenvalue weighted by Crippen LogP contribution is -2.52. The van der Waals surface area contributed by atoms with Gasteiger partial charge in [-0.05, 0) is 31.2 Å². The molecule has 5 nitrogen and oxygen atoms in total. The molecule has 3 heterocycles. The van der Waals surface area contributed by atoms with Gasteiger partial charge in [0.25, 0.3) is 0 Å². The van der Waals surface area contributed by atoms with Gasteiger partial charge in [0.2, 0.25) is 5.91 Å². The van der Waals surface area contributed by atoms with Crippen LogP contribution in [0.2, 0.25) is 0 Å². The molecule has 2 aliphatic rings. The molecule has 0 bridgehead atoms. The molecule has 126 valence electrons. The number of hydrogen-bond acceptors (Lipinski definition) is 5. The largest absolute Gasteiger partial charge is 0.486 e. The number of rotatable bonds is 4. The molecule has 0 radical (unpaired) electrons. The molecule has 4 rings (SSSR count). The van der Waals surface area contributed by atoms with Crippen molar-refractivity contribution in [1.29, 1.82) is 0 Å². The highest BCUT2D eigenvalue weighted by Gasteiger charge is 2.31. The molecule has 0 atom stereocenters. The van der Waals surface area contributed by atoms with Crippen molar-refractivity contribution in [2.24, 2.45) is 5.92 Å². The molecule has 0 saturated carbocycles. The Bertz CT molecular complexity index is 754. The van der Waals surface area contributed by atoms with E-state index in [1.54, 1.807) is 11.3 Å². The van der Waals surface area contributed by atoms with Gasteiger partial charge in [0.05, 0.1) is 12.5 Å². The molecule has 2 aliphatic heterocycles. The van der Waals surface area contributed by atoms with Crippen LogP contribution in [0, 0.1) is 12.8 Å². The molecular formula is C18H20N2O3S. The number of amides is 1. The Kier molecular flexibility index (Phi) is 4.16. The van der Waals surface area contributed by atoms with Gasteiger partial charge in [-0.25, -0.2) is 0 Å². The minimum atomic E-state index is 0.0549. The number of anilines is 1. The third-order valence-corrected chi connectivity index (χ3v) is 5.33. The van der Waals surface area contributed by atoms with Crippen LogP contribution in [0.1, 0.15) is 9.75 Å². The maximum atomic E-state index is 12.9. The zero-order chi connectivity index (χ0) is 16.5. The SMILES string of the molecule is Cc1ccc(CN(C(=O)C2CNC2)c2ccc3c(c2)OCCO3)s1. The van der Waals surface area contributed by atoms with Gasteiger partial charge in [0.15, 0.2) is 11.5 Å². The smallest absolute Gasteiger partial charge is 0.233 e. The first-order valence-corrected chi connectivity index (χ1v) is 8.99. The average molecular weight is 344 g/mol. The van der Waals surface area contributed by atoms with Crippen LogP contribution in [0.3, 0.4) is 0 Å². The Balaban J connectivity index is 1.64. The number of carbonyl (C=O) groups excluding carboxylic acids is 1. The number of hydrogen-bond donors (Lipinski definition) is 1. The summed E-state index contributed by atoms with van der Waals surface area (Å²) in [6.07, 6.45) is 0. The summed E-state index contributed by atoms with van der Waals surface area (Å²) in [6, 6.07) is 9.94. The minimum Gasteiger partial charge on any atom is -0.486 e. The molecule has 2 aromatic rings. The van der Waals surface area contributed by atoms with E-state index in [-0.39, 0.29) is 11.8 Å². The summed E-state index contributed by atoms with van der Waals surface area (Å²) in [6.45, 7) is 5.29. The van der Waals surface area contributed by atoms with E-state index in [9.17, 15) is 4.79 Å². The van der Waals surface area contributed by atoms with E-state index in [1.807, 2.05) is 23.1 Å². The van der Waals surface area contributed by atoms with Gasteiger partial charge in [-0.2, -0.15) is 0 Å². The summed E-state index contributed by atoms with van der Waals surface area (Å²) in [5.41, 5.74) is 0.863. The van der Waals surface area contributed by atoms with Crippen LogP contribution in [0.4, 0.5) is 5.69 Å². The molecule has 1 amide bonds. The maximum Gasteiger partial charge on any atom is 0.233 e.